The van der Waals surface area contributed by atoms with E-state index in [4.69, 9.17) is 0 Å². The number of anilines is 1. The van der Waals surface area contributed by atoms with Crippen LogP contribution < -0.4 is 11.0 Å². The van der Waals surface area contributed by atoms with Crippen LogP contribution in [0.1, 0.15) is 17.5 Å². The number of nitrogens with one attached hydrogen (secondary N) is 1. The molecule has 0 unspecified atom stereocenters. The molecule has 1 aromatic heterocycles. The van der Waals surface area contributed by atoms with Gasteiger partial charge >= 0.3 is 5.69 Å². The lowest BCUT2D eigenvalue weighted by atomic mass is 10.3. The first-order valence-corrected chi connectivity index (χ1v) is 7.62. The summed E-state index contributed by atoms with van der Waals surface area (Å²) in [6, 6.07) is 2.71. The SMILES string of the molecule is CCN1CCn2c(nn(CC(=O)Nc3ccc(F)cc3F)c2=O)C1=O. The lowest BCUT2D eigenvalue weighted by Crippen LogP contribution is -2.42. The minimum absolute atomic E-state index is 0.0288. The topological polar surface area (TPSA) is 89.2 Å². The number of hydrogen-bond acceptors (Lipinski definition) is 4. The summed E-state index contributed by atoms with van der Waals surface area (Å²) in [5.41, 5.74) is -0.800. The van der Waals surface area contributed by atoms with Crippen molar-refractivity contribution in [2.75, 3.05) is 18.4 Å². The molecule has 0 aliphatic carbocycles. The van der Waals surface area contributed by atoms with Crippen LogP contribution in [0.3, 0.4) is 0 Å². The Bertz CT molecular complexity index is 905. The molecule has 0 spiro atoms. The highest BCUT2D eigenvalue weighted by molar-refractivity contribution is 5.92. The summed E-state index contributed by atoms with van der Waals surface area (Å²) in [5, 5.41) is 6.15. The number of rotatable bonds is 4. The van der Waals surface area contributed by atoms with Crippen LogP contribution in [0.25, 0.3) is 0 Å². The smallest absolute Gasteiger partial charge is 0.334 e. The second-order valence-corrected chi connectivity index (χ2v) is 5.47. The minimum atomic E-state index is -0.932. The van der Waals surface area contributed by atoms with Gasteiger partial charge in [0.1, 0.15) is 18.2 Å². The summed E-state index contributed by atoms with van der Waals surface area (Å²) >= 11 is 0. The molecule has 1 aliphatic rings. The molecule has 0 bridgehead atoms. The van der Waals surface area contributed by atoms with Gasteiger partial charge in [-0.1, -0.05) is 0 Å². The van der Waals surface area contributed by atoms with Gasteiger partial charge in [-0.25, -0.2) is 18.3 Å². The Morgan fingerprint density at radius 2 is 2.04 bits per heavy atom. The van der Waals surface area contributed by atoms with Crippen molar-refractivity contribution in [2.45, 2.75) is 20.0 Å². The normalized spacial score (nSPS) is 13.7. The Kier molecular flexibility index (Phi) is 4.34. The molecule has 3 rings (SSSR count). The molecule has 2 heterocycles. The lowest BCUT2D eigenvalue weighted by Gasteiger charge is -2.24. The predicted molar refractivity (Wildman–Crippen MR) is 83.1 cm³/mol. The molecule has 132 valence electrons. The number of fused-ring (bicyclic) bond motifs is 1. The Balaban J connectivity index is 1.79. The van der Waals surface area contributed by atoms with E-state index in [1.165, 1.54) is 4.57 Å². The van der Waals surface area contributed by atoms with Crippen LogP contribution in [0.15, 0.2) is 23.0 Å². The Hall–Kier alpha value is -3.04. The molecular formula is C15H15F2N5O3. The van der Waals surface area contributed by atoms with Crippen LogP contribution in [0.4, 0.5) is 14.5 Å². The molecule has 0 radical (unpaired) electrons. The van der Waals surface area contributed by atoms with Crippen molar-refractivity contribution in [3.63, 3.8) is 0 Å². The summed E-state index contributed by atoms with van der Waals surface area (Å²) in [7, 11) is 0. The van der Waals surface area contributed by atoms with Crippen molar-refractivity contribution in [3.8, 4) is 0 Å². The second kappa shape index (κ2) is 6.46. The number of amides is 2. The van der Waals surface area contributed by atoms with Gasteiger partial charge in [-0.05, 0) is 19.1 Å². The first-order chi connectivity index (χ1) is 11.9. The van der Waals surface area contributed by atoms with Gasteiger partial charge in [0.05, 0.1) is 5.69 Å². The molecule has 2 amide bonds. The fraction of sp³-hybridized carbons (Fsp3) is 0.333. The first kappa shape index (κ1) is 16.8. The Labute approximate surface area is 140 Å². The van der Waals surface area contributed by atoms with Crippen molar-refractivity contribution in [2.24, 2.45) is 0 Å². The van der Waals surface area contributed by atoms with E-state index in [0.29, 0.717) is 25.7 Å². The number of aromatic nitrogens is 3. The van der Waals surface area contributed by atoms with E-state index < -0.39 is 29.8 Å². The van der Waals surface area contributed by atoms with Gasteiger partial charge in [0.25, 0.3) is 5.91 Å². The number of benzene rings is 1. The van der Waals surface area contributed by atoms with E-state index in [0.717, 1.165) is 16.8 Å². The number of carbonyl (C=O) groups excluding carboxylic acids is 2. The lowest BCUT2D eigenvalue weighted by molar-refractivity contribution is -0.117. The fourth-order valence-corrected chi connectivity index (χ4v) is 2.59. The van der Waals surface area contributed by atoms with Crippen LogP contribution in [0.2, 0.25) is 0 Å². The van der Waals surface area contributed by atoms with Crippen LogP contribution >= 0.6 is 0 Å². The molecule has 0 atom stereocenters. The molecule has 10 heteroatoms. The summed E-state index contributed by atoms with van der Waals surface area (Å²) in [4.78, 5) is 38.0. The molecular weight excluding hydrogens is 336 g/mol. The standard InChI is InChI=1S/C15H15F2N5O3/c1-2-20-5-6-21-13(14(20)24)19-22(15(21)25)8-12(23)18-11-4-3-9(16)7-10(11)17/h3-4,7H,2,5-6,8H2,1H3,(H,18,23). The molecule has 0 saturated carbocycles. The van der Waals surface area contributed by atoms with Crippen LogP contribution in [-0.2, 0) is 17.9 Å². The van der Waals surface area contributed by atoms with Gasteiger partial charge in [-0.2, -0.15) is 0 Å². The molecule has 0 fully saturated rings. The van der Waals surface area contributed by atoms with Gasteiger partial charge < -0.3 is 10.2 Å². The fourth-order valence-electron chi connectivity index (χ4n) is 2.59. The van der Waals surface area contributed by atoms with E-state index in [1.807, 2.05) is 6.92 Å². The van der Waals surface area contributed by atoms with Crippen molar-refractivity contribution >= 4 is 17.5 Å². The quantitative estimate of drug-likeness (QED) is 0.866. The van der Waals surface area contributed by atoms with E-state index in [-0.39, 0.29) is 17.4 Å². The van der Waals surface area contributed by atoms with Crippen LogP contribution in [-0.4, -0.2) is 44.2 Å². The van der Waals surface area contributed by atoms with E-state index in [2.05, 4.69) is 10.4 Å². The third-order valence-corrected chi connectivity index (χ3v) is 3.88. The zero-order valence-corrected chi connectivity index (χ0v) is 13.3. The van der Waals surface area contributed by atoms with Crippen molar-refractivity contribution in [1.82, 2.24) is 19.2 Å². The van der Waals surface area contributed by atoms with Gasteiger partial charge in [0.2, 0.25) is 11.7 Å². The van der Waals surface area contributed by atoms with Crippen molar-refractivity contribution in [3.05, 3.63) is 46.1 Å². The molecule has 0 saturated heterocycles. The summed E-state index contributed by atoms with van der Waals surface area (Å²) < 4.78 is 28.5. The molecule has 1 aromatic carbocycles. The molecule has 1 N–H and O–H groups in total. The number of carbonyl (C=O) groups is 2. The van der Waals surface area contributed by atoms with Gasteiger partial charge in [0.15, 0.2) is 0 Å². The average Bonchev–Trinajstić information content (AvgIpc) is 2.88. The predicted octanol–water partition coefficient (Wildman–Crippen LogP) is 0.437. The van der Waals surface area contributed by atoms with Gasteiger partial charge in [-0.3, -0.25) is 14.2 Å². The maximum absolute atomic E-state index is 13.6. The molecule has 25 heavy (non-hydrogen) atoms. The summed E-state index contributed by atoms with van der Waals surface area (Å²) in [6.07, 6.45) is 0. The number of nitrogens with zero attached hydrogens (tertiary/aromatic N) is 4. The molecule has 1 aliphatic heterocycles. The van der Waals surface area contributed by atoms with E-state index in [1.54, 1.807) is 4.90 Å². The van der Waals surface area contributed by atoms with E-state index >= 15 is 0 Å². The zero-order valence-electron chi connectivity index (χ0n) is 13.3. The number of halogens is 2. The van der Waals surface area contributed by atoms with Crippen molar-refractivity contribution in [1.29, 1.82) is 0 Å². The van der Waals surface area contributed by atoms with Crippen LogP contribution in [0, 0.1) is 11.6 Å². The van der Waals surface area contributed by atoms with Gasteiger partial charge in [0, 0.05) is 25.7 Å². The summed E-state index contributed by atoms with van der Waals surface area (Å²) in [5.74, 6) is -2.83. The largest absolute Gasteiger partial charge is 0.346 e. The maximum Gasteiger partial charge on any atom is 0.346 e. The third kappa shape index (κ3) is 3.14. The van der Waals surface area contributed by atoms with Gasteiger partial charge in [-0.15, -0.1) is 5.10 Å². The third-order valence-electron chi connectivity index (χ3n) is 3.88. The zero-order chi connectivity index (χ0) is 18.1. The minimum Gasteiger partial charge on any atom is -0.334 e. The highest BCUT2D eigenvalue weighted by Crippen LogP contribution is 2.15. The monoisotopic (exact) mass is 351 g/mol. The summed E-state index contributed by atoms with van der Waals surface area (Å²) in [6.45, 7) is 2.50. The maximum atomic E-state index is 13.6. The highest BCUT2D eigenvalue weighted by Gasteiger charge is 2.29. The van der Waals surface area contributed by atoms with E-state index in [9.17, 15) is 23.2 Å². The first-order valence-electron chi connectivity index (χ1n) is 7.62. The van der Waals surface area contributed by atoms with Crippen molar-refractivity contribution < 1.29 is 18.4 Å². The number of hydrogen-bond donors (Lipinski definition) is 1. The Morgan fingerprint density at radius 1 is 1.28 bits per heavy atom. The van der Waals surface area contributed by atoms with Crippen LogP contribution in [0.5, 0.6) is 0 Å². The molecule has 8 nitrogen and oxygen atoms in total. The number of likely N-dealkylation sites (N-methyl/N-ethyl adjacent to an activating group) is 1. The second-order valence-electron chi connectivity index (χ2n) is 5.47. The highest BCUT2D eigenvalue weighted by atomic mass is 19.1. The molecule has 2 aromatic rings. The average molecular weight is 351 g/mol. The Morgan fingerprint density at radius 3 is 2.72 bits per heavy atom.